The van der Waals surface area contributed by atoms with Crippen molar-refractivity contribution in [3.05, 3.63) is 100 Å². The van der Waals surface area contributed by atoms with Gasteiger partial charge in [0.05, 0.1) is 23.1 Å². The van der Waals surface area contributed by atoms with Gasteiger partial charge in [0.2, 0.25) is 5.91 Å². The molecule has 0 fully saturated rings. The number of carbonyl (C=O) groups excluding carboxylic acids is 1. The summed E-state index contributed by atoms with van der Waals surface area (Å²) in [6.45, 7) is 0. The number of nitriles is 1. The largest absolute Gasteiger partial charge is 0.417 e. The maximum absolute atomic E-state index is 13.3. The number of hydrogen-bond donors (Lipinski definition) is 1. The minimum absolute atomic E-state index is 0.0411. The first-order valence-electron chi connectivity index (χ1n) is 9.98. The summed E-state index contributed by atoms with van der Waals surface area (Å²) in [4.78, 5) is 13.2. The van der Waals surface area contributed by atoms with E-state index in [-0.39, 0.29) is 29.3 Å². The standard InChI is InChI=1S/C25H17F3N2O/c26-25(27,28)22-11-15(10-9-14(22)13-29)30-24(31)21-12-20-16-5-1-3-7-18(16)23(21)19-8-4-2-6-17(19)20/h1-11,20-21,23H,12H2,(H,30,31). The van der Waals surface area contributed by atoms with Gasteiger partial charge in [-0.1, -0.05) is 48.5 Å². The van der Waals surface area contributed by atoms with E-state index in [1.807, 2.05) is 36.4 Å². The number of rotatable bonds is 2. The average Bonchev–Trinajstić information content (AvgIpc) is 2.78. The van der Waals surface area contributed by atoms with Crippen LogP contribution < -0.4 is 5.32 Å². The molecule has 0 radical (unpaired) electrons. The highest BCUT2D eigenvalue weighted by Gasteiger charge is 2.46. The Morgan fingerprint density at radius 2 is 1.52 bits per heavy atom. The maximum atomic E-state index is 13.3. The molecular weight excluding hydrogens is 401 g/mol. The summed E-state index contributed by atoms with van der Waals surface area (Å²) in [7, 11) is 0. The third-order valence-electron chi connectivity index (χ3n) is 6.35. The van der Waals surface area contributed by atoms with Gasteiger partial charge >= 0.3 is 6.18 Å². The lowest BCUT2D eigenvalue weighted by Gasteiger charge is -2.44. The number of halogens is 3. The van der Waals surface area contributed by atoms with Crippen LogP contribution in [0.15, 0.2) is 66.7 Å². The molecule has 2 bridgehead atoms. The number of alkyl halides is 3. The van der Waals surface area contributed by atoms with Crippen molar-refractivity contribution in [3.8, 4) is 6.07 Å². The molecule has 31 heavy (non-hydrogen) atoms. The van der Waals surface area contributed by atoms with Crippen LogP contribution in [0.4, 0.5) is 18.9 Å². The highest BCUT2D eigenvalue weighted by atomic mass is 19.4. The van der Waals surface area contributed by atoms with Crippen molar-refractivity contribution >= 4 is 11.6 Å². The van der Waals surface area contributed by atoms with Gasteiger partial charge in [0.1, 0.15) is 0 Å². The van der Waals surface area contributed by atoms with Crippen molar-refractivity contribution in [2.24, 2.45) is 5.92 Å². The van der Waals surface area contributed by atoms with Crippen molar-refractivity contribution in [1.29, 1.82) is 5.26 Å². The summed E-state index contributed by atoms with van der Waals surface area (Å²) in [5.74, 6) is -0.755. The lowest BCUT2D eigenvalue weighted by molar-refractivity contribution is -0.137. The van der Waals surface area contributed by atoms with E-state index in [4.69, 9.17) is 5.26 Å². The fourth-order valence-electron chi connectivity index (χ4n) is 5.08. The molecule has 0 spiro atoms. The maximum Gasteiger partial charge on any atom is 0.417 e. The molecule has 6 heteroatoms. The fourth-order valence-corrected chi connectivity index (χ4v) is 5.08. The Morgan fingerprint density at radius 1 is 0.935 bits per heavy atom. The van der Waals surface area contributed by atoms with Crippen molar-refractivity contribution in [1.82, 2.24) is 0 Å². The van der Waals surface area contributed by atoms with Crippen LogP contribution in [0.2, 0.25) is 0 Å². The van der Waals surface area contributed by atoms with E-state index in [1.165, 1.54) is 17.2 Å². The Balaban J connectivity index is 1.50. The van der Waals surface area contributed by atoms with Gasteiger partial charge in [-0.3, -0.25) is 4.79 Å². The zero-order valence-corrected chi connectivity index (χ0v) is 16.3. The predicted octanol–water partition coefficient (Wildman–Crippen LogP) is 5.81. The monoisotopic (exact) mass is 418 g/mol. The zero-order valence-electron chi connectivity index (χ0n) is 16.3. The molecule has 3 aliphatic carbocycles. The molecule has 1 atom stereocenters. The number of benzene rings is 3. The van der Waals surface area contributed by atoms with Crippen LogP contribution in [0.1, 0.15) is 51.6 Å². The van der Waals surface area contributed by atoms with E-state index < -0.39 is 17.3 Å². The molecule has 3 aliphatic rings. The summed E-state index contributed by atoms with van der Waals surface area (Å²) in [5, 5.41) is 11.7. The third kappa shape index (κ3) is 3.09. The van der Waals surface area contributed by atoms with Crippen molar-refractivity contribution in [2.75, 3.05) is 5.32 Å². The van der Waals surface area contributed by atoms with Gasteiger partial charge in [-0.15, -0.1) is 0 Å². The van der Waals surface area contributed by atoms with Crippen LogP contribution in [-0.4, -0.2) is 5.91 Å². The normalized spacial score (nSPS) is 21.0. The minimum Gasteiger partial charge on any atom is -0.326 e. The molecule has 154 valence electrons. The summed E-state index contributed by atoms with van der Waals surface area (Å²) in [5.41, 5.74) is 3.17. The number of hydrogen-bond acceptors (Lipinski definition) is 2. The number of amides is 1. The number of nitrogens with one attached hydrogen (secondary N) is 1. The van der Waals surface area contributed by atoms with E-state index in [9.17, 15) is 18.0 Å². The number of anilines is 1. The molecule has 0 saturated heterocycles. The molecule has 3 aromatic carbocycles. The van der Waals surface area contributed by atoms with Crippen LogP contribution in [0, 0.1) is 17.2 Å². The molecule has 0 aliphatic heterocycles. The van der Waals surface area contributed by atoms with Crippen molar-refractivity contribution in [2.45, 2.75) is 24.4 Å². The molecule has 0 saturated carbocycles. The molecule has 3 nitrogen and oxygen atoms in total. The molecular formula is C25H17F3N2O. The summed E-state index contributed by atoms with van der Waals surface area (Å²) in [6.07, 6.45) is -4.07. The Morgan fingerprint density at radius 3 is 2.06 bits per heavy atom. The van der Waals surface area contributed by atoms with Crippen LogP contribution in [0.3, 0.4) is 0 Å². The second-order valence-corrected chi connectivity index (χ2v) is 7.99. The fraction of sp³-hybridized carbons (Fsp3) is 0.200. The van der Waals surface area contributed by atoms with Gasteiger partial charge in [-0.05, 0) is 46.9 Å². The van der Waals surface area contributed by atoms with Gasteiger partial charge in [-0.2, -0.15) is 18.4 Å². The minimum atomic E-state index is -4.67. The van der Waals surface area contributed by atoms with Crippen molar-refractivity contribution in [3.63, 3.8) is 0 Å². The van der Waals surface area contributed by atoms with Gasteiger partial charge in [0.15, 0.2) is 0 Å². The molecule has 1 N–H and O–H groups in total. The van der Waals surface area contributed by atoms with E-state index >= 15 is 0 Å². The van der Waals surface area contributed by atoms with E-state index in [0.29, 0.717) is 6.42 Å². The SMILES string of the molecule is N#Cc1ccc(NC(=O)C2CC3c4ccccc4C2c2ccccc23)cc1C(F)(F)F. The van der Waals surface area contributed by atoms with Crippen molar-refractivity contribution < 1.29 is 18.0 Å². The van der Waals surface area contributed by atoms with Gasteiger partial charge in [-0.25, -0.2) is 0 Å². The smallest absolute Gasteiger partial charge is 0.326 e. The topological polar surface area (TPSA) is 52.9 Å². The number of carbonyl (C=O) groups is 1. The van der Waals surface area contributed by atoms with Crippen LogP contribution in [-0.2, 0) is 11.0 Å². The molecule has 1 unspecified atom stereocenters. The Labute approximate surface area is 177 Å². The van der Waals surface area contributed by atoms with Gasteiger partial charge < -0.3 is 5.32 Å². The molecule has 6 rings (SSSR count). The van der Waals surface area contributed by atoms with Crippen LogP contribution in [0.25, 0.3) is 0 Å². The Hall–Kier alpha value is -3.59. The molecule has 3 aromatic rings. The third-order valence-corrected chi connectivity index (χ3v) is 6.35. The molecule has 1 amide bonds. The predicted molar refractivity (Wildman–Crippen MR) is 109 cm³/mol. The average molecular weight is 418 g/mol. The lowest BCUT2D eigenvalue weighted by Crippen LogP contribution is -2.38. The second kappa shape index (κ2) is 6.98. The van der Waals surface area contributed by atoms with Gasteiger partial charge in [0, 0.05) is 17.5 Å². The second-order valence-electron chi connectivity index (χ2n) is 7.99. The van der Waals surface area contributed by atoms with E-state index in [0.717, 1.165) is 23.3 Å². The lowest BCUT2D eigenvalue weighted by atomic mass is 9.59. The van der Waals surface area contributed by atoms with Crippen LogP contribution >= 0.6 is 0 Å². The molecule has 0 heterocycles. The Bertz CT molecular complexity index is 1190. The summed E-state index contributed by atoms with van der Waals surface area (Å²) < 4.78 is 39.9. The summed E-state index contributed by atoms with van der Waals surface area (Å²) in [6, 6.07) is 21.0. The highest BCUT2D eigenvalue weighted by Crippen LogP contribution is 2.55. The van der Waals surface area contributed by atoms with Gasteiger partial charge in [0.25, 0.3) is 0 Å². The zero-order chi connectivity index (χ0) is 21.8. The first-order chi connectivity index (χ1) is 14.9. The van der Waals surface area contributed by atoms with Crippen LogP contribution in [0.5, 0.6) is 0 Å². The number of fused-ring (bicyclic) bond motifs is 1. The quantitative estimate of drug-likeness (QED) is 0.571. The first-order valence-corrected chi connectivity index (χ1v) is 9.98. The molecule has 0 aromatic heterocycles. The Kier molecular flexibility index (Phi) is 4.37. The summed E-state index contributed by atoms with van der Waals surface area (Å²) >= 11 is 0. The highest BCUT2D eigenvalue weighted by molar-refractivity contribution is 5.94. The van der Waals surface area contributed by atoms with E-state index in [1.54, 1.807) is 6.07 Å². The first kappa shape index (κ1) is 19.4. The van der Waals surface area contributed by atoms with E-state index in [2.05, 4.69) is 17.4 Å². The number of nitrogens with zero attached hydrogens (tertiary/aromatic N) is 1.